The first kappa shape index (κ1) is 12.8. The molecule has 0 saturated carbocycles. The van der Waals surface area contributed by atoms with E-state index >= 15 is 0 Å². The molecule has 0 saturated heterocycles. The summed E-state index contributed by atoms with van der Waals surface area (Å²) < 4.78 is 2.24. The maximum atomic E-state index is 12.1. The number of rotatable bonds is 4. The van der Waals surface area contributed by atoms with Gasteiger partial charge < -0.3 is 0 Å². The minimum absolute atomic E-state index is 0.267. The highest BCUT2D eigenvalue weighted by atomic mass is 79.9. The molecule has 0 radical (unpaired) electrons. The van der Waals surface area contributed by atoms with Gasteiger partial charge in [0.1, 0.15) is 0 Å². The third kappa shape index (κ3) is 2.78. The molecule has 0 aliphatic rings. The lowest BCUT2D eigenvalue weighted by atomic mass is 10.0. The van der Waals surface area contributed by atoms with E-state index in [0.717, 1.165) is 21.8 Å². The van der Waals surface area contributed by atoms with Gasteiger partial charge in [0.05, 0.1) is 0 Å². The van der Waals surface area contributed by atoms with Crippen molar-refractivity contribution in [2.24, 2.45) is 5.92 Å². The topological polar surface area (TPSA) is 17.1 Å². The van der Waals surface area contributed by atoms with Crippen LogP contribution in [0.3, 0.4) is 0 Å². The number of halogens is 1. The molecule has 90 valence electrons. The summed E-state index contributed by atoms with van der Waals surface area (Å²) in [4.78, 5) is 12.1. The highest BCUT2D eigenvalue weighted by molar-refractivity contribution is 9.10. The Morgan fingerprint density at radius 3 is 2.88 bits per heavy atom. The molecule has 0 fully saturated rings. The van der Waals surface area contributed by atoms with Crippen LogP contribution in [-0.4, -0.2) is 5.78 Å². The van der Waals surface area contributed by atoms with E-state index in [0.29, 0.717) is 12.3 Å². The number of carbonyl (C=O) groups is 1. The number of hydrogen-bond acceptors (Lipinski definition) is 2. The lowest BCUT2D eigenvalue weighted by Crippen LogP contribution is -2.00. The SMILES string of the molecule is CC(C)CCC(=O)c1csc2c(Br)cccc12. The summed E-state index contributed by atoms with van der Waals surface area (Å²) in [5.41, 5.74) is 0.881. The van der Waals surface area contributed by atoms with Crippen LogP contribution < -0.4 is 0 Å². The Bertz CT molecular complexity index is 542. The Labute approximate surface area is 114 Å². The van der Waals surface area contributed by atoms with Gasteiger partial charge >= 0.3 is 0 Å². The number of hydrogen-bond donors (Lipinski definition) is 0. The third-order valence-corrected chi connectivity index (χ3v) is 4.75. The van der Waals surface area contributed by atoms with Gasteiger partial charge in [-0.15, -0.1) is 11.3 Å². The Morgan fingerprint density at radius 2 is 2.18 bits per heavy atom. The average Bonchev–Trinajstić information content (AvgIpc) is 2.71. The Kier molecular flexibility index (Phi) is 4.00. The smallest absolute Gasteiger partial charge is 0.164 e. The fraction of sp³-hybridized carbons (Fsp3) is 0.357. The monoisotopic (exact) mass is 310 g/mol. The molecule has 0 unspecified atom stereocenters. The zero-order valence-electron chi connectivity index (χ0n) is 10.00. The number of thiophene rings is 1. The second kappa shape index (κ2) is 5.32. The summed E-state index contributed by atoms with van der Waals surface area (Å²) in [7, 11) is 0. The van der Waals surface area contributed by atoms with Gasteiger partial charge in [-0.25, -0.2) is 0 Å². The van der Waals surface area contributed by atoms with Gasteiger partial charge in [-0.2, -0.15) is 0 Å². The minimum atomic E-state index is 0.267. The Morgan fingerprint density at radius 1 is 1.41 bits per heavy atom. The number of fused-ring (bicyclic) bond motifs is 1. The first-order valence-corrected chi connectivity index (χ1v) is 7.45. The molecule has 0 N–H and O–H groups in total. The largest absolute Gasteiger partial charge is 0.294 e. The van der Waals surface area contributed by atoms with Crippen molar-refractivity contribution < 1.29 is 4.79 Å². The second-order valence-corrected chi connectivity index (χ2v) is 6.36. The fourth-order valence-corrected chi connectivity index (χ4v) is 3.42. The van der Waals surface area contributed by atoms with Crippen molar-refractivity contribution >= 4 is 43.1 Å². The molecule has 17 heavy (non-hydrogen) atoms. The molecule has 0 aliphatic heterocycles. The molecule has 0 atom stereocenters. The first-order chi connectivity index (χ1) is 8.09. The number of benzene rings is 1. The lowest BCUT2D eigenvalue weighted by molar-refractivity contribution is 0.0977. The second-order valence-electron chi connectivity index (χ2n) is 4.62. The highest BCUT2D eigenvalue weighted by Gasteiger charge is 2.13. The maximum Gasteiger partial charge on any atom is 0.164 e. The molecule has 1 nitrogen and oxygen atoms in total. The maximum absolute atomic E-state index is 12.1. The summed E-state index contributed by atoms with van der Waals surface area (Å²) in [6.07, 6.45) is 1.61. The lowest BCUT2D eigenvalue weighted by Gasteiger charge is -2.03. The van der Waals surface area contributed by atoms with Crippen molar-refractivity contribution in [3.8, 4) is 0 Å². The quantitative estimate of drug-likeness (QED) is 0.702. The van der Waals surface area contributed by atoms with Gasteiger partial charge in [0, 0.05) is 31.9 Å². The standard InChI is InChI=1S/C14H15BrOS/c1-9(2)6-7-13(16)11-8-17-14-10(11)4-3-5-12(14)15/h3-5,8-9H,6-7H2,1-2H3. The molecule has 1 aromatic heterocycles. The average molecular weight is 311 g/mol. The van der Waals surface area contributed by atoms with E-state index in [-0.39, 0.29) is 5.78 Å². The molecule has 0 bridgehead atoms. The van der Waals surface area contributed by atoms with E-state index in [1.165, 1.54) is 4.70 Å². The van der Waals surface area contributed by atoms with Gasteiger partial charge in [0.25, 0.3) is 0 Å². The summed E-state index contributed by atoms with van der Waals surface area (Å²) >= 11 is 5.16. The Balaban J connectivity index is 2.30. The van der Waals surface area contributed by atoms with Crippen molar-refractivity contribution in [3.63, 3.8) is 0 Å². The van der Waals surface area contributed by atoms with E-state index in [1.807, 2.05) is 23.6 Å². The molecule has 3 heteroatoms. The third-order valence-electron chi connectivity index (χ3n) is 2.80. The van der Waals surface area contributed by atoms with E-state index in [1.54, 1.807) is 11.3 Å². The zero-order chi connectivity index (χ0) is 12.4. The predicted octanol–water partition coefficient (Wildman–Crippen LogP) is 5.28. The molecule has 2 aromatic rings. The van der Waals surface area contributed by atoms with Crippen LogP contribution >= 0.6 is 27.3 Å². The molecular formula is C14H15BrOS. The van der Waals surface area contributed by atoms with Crippen LogP contribution in [-0.2, 0) is 0 Å². The van der Waals surface area contributed by atoms with E-state index in [2.05, 4.69) is 29.8 Å². The van der Waals surface area contributed by atoms with Crippen LogP contribution in [0.2, 0.25) is 0 Å². The first-order valence-electron chi connectivity index (χ1n) is 5.78. The summed E-state index contributed by atoms with van der Waals surface area (Å²) in [6.45, 7) is 4.30. The molecule has 0 spiro atoms. The molecule has 0 amide bonds. The van der Waals surface area contributed by atoms with Crippen molar-refractivity contribution in [2.75, 3.05) is 0 Å². The van der Waals surface area contributed by atoms with Crippen molar-refractivity contribution in [2.45, 2.75) is 26.7 Å². The number of ketones is 1. The van der Waals surface area contributed by atoms with Crippen molar-refractivity contribution in [1.29, 1.82) is 0 Å². The van der Waals surface area contributed by atoms with Crippen LogP contribution in [0, 0.1) is 5.92 Å². The molecule has 2 rings (SSSR count). The predicted molar refractivity (Wildman–Crippen MR) is 77.9 cm³/mol. The highest BCUT2D eigenvalue weighted by Crippen LogP contribution is 2.33. The molecule has 1 aromatic carbocycles. The van der Waals surface area contributed by atoms with Crippen LogP contribution in [0.25, 0.3) is 10.1 Å². The van der Waals surface area contributed by atoms with Crippen LogP contribution in [0.5, 0.6) is 0 Å². The normalized spacial score (nSPS) is 11.3. The van der Waals surface area contributed by atoms with Gasteiger partial charge in [-0.05, 0) is 34.3 Å². The number of carbonyl (C=O) groups excluding carboxylic acids is 1. The molecule has 1 heterocycles. The fourth-order valence-electron chi connectivity index (χ4n) is 1.79. The summed E-state index contributed by atoms with van der Waals surface area (Å²) in [6, 6.07) is 6.03. The van der Waals surface area contributed by atoms with Crippen LogP contribution in [0.1, 0.15) is 37.0 Å². The van der Waals surface area contributed by atoms with Gasteiger partial charge in [0.15, 0.2) is 5.78 Å². The van der Waals surface area contributed by atoms with Crippen LogP contribution in [0.4, 0.5) is 0 Å². The van der Waals surface area contributed by atoms with Gasteiger partial charge in [-0.1, -0.05) is 26.0 Å². The summed E-state index contributed by atoms with van der Waals surface area (Å²) in [5.74, 6) is 0.846. The molecule has 0 aliphatic carbocycles. The van der Waals surface area contributed by atoms with Crippen molar-refractivity contribution in [3.05, 3.63) is 33.6 Å². The van der Waals surface area contributed by atoms with E-state index in [9.17, 15) is 4.79 Å². The summed E-state index contributed by atoms with van der Waals surface area (Å²) in [5, 5.41) is 3.07. The Hall–Kier alpha value is -0.670. The minimum Gasteiger partial charge on any atom is -0.294 e. The van der Waals surface area contributed by atoms with E-state index < -0.39 is 0 Å². The van der Waals surface area contributed by atoms with Crippen molar-refractivity contribution in [1.82, 2.24) is 0 Å². The van der Waals surface area contributed by atoms with E-state index in [4.69, 9.17) is 0 Å². The number of Topliss-reactive ketones (excluding diaryl/α,β-unsaturated/α-hetero) is 1. The molecular weight excluding hydrogens is 296 g/mol. The van der Waals surface area contributed by atoms with Crippen LogP contribution in [0.15, 0.2) is 28.1 Å². The van der Waals surface area contributed by atoms with Gasteiger partial charge in [-0.3, -0.25) is 4.79 Å². The zero-order valence-corrected chi connectivity index (χ0v) is 12.4. The van der Waals surface area contributed by atoms with Gasteiger partial charge in [0.2, 0.25) is 0 Å².